The van der Waals surface area contributed by atoms with Gasteiger partial charge in [0.25, 0.3) is 15.6 Å². The van der Waals surface area contributed by atoms with Gasteiger partial charge in [0.05, 0.1) is 11.4 Å². The van der Waals surface area contributed by atoms with Gasteiger partial charge in [0.2, 0.25) is 0 Å². The fourth-order valence-electron chi connectivity index (χ4n) is 2.73. The quantitative estimate of drug-likeness (QED) is 0.764. The Morgan fingerprint density at radius 3 is 2.32 bits per heavy atom. The molecule has 0 saturated carbocycles. The smallest absolute Gasteiger partial charge is 0.296 e. The zero-order chi connectivity index (χ0) is 18.4. The van der Waals surface area contributed by atoms with Gasteiger partial charge in [0.1, 0.15) is 11.4 Å². The van der Waals surface area contributed by atoms with Crippen LogP contribution in [0.2, 0.25) is 0 Å². The number of sulfonamides is 1. The topological polar surface area (TPSA) is 99.1 Å². The van der Waals surface area contributed by atoms with Crippen molar-refractivity contribution in [2.75, 3.05) is 4.72 Å². The second kappa shape index (κ2) is 5.92. The summed E-state index contributed by atoms with van der Waals surface area (Å²) in [5.41, 5.74) is 0.903. The van der Waals surface area contributed by atoms with E-state index in [2.05, 4.69) is 9.88 Å². The maximum atomic E-state index is 12.8. The minimum Gasteiger partial charge on any atom is -0.360 e. The van der Waals surface area contributed by atoms with Crippen molar-refractivity contribution >= 4 is 15.7 Å². The number of rotatable bonds is 4. The maximum absolute atomic E-state index is 12.8. The number of hydrogen-bond acceptors (Lipinski definition) is 5. The second-order valence-electron chi connectivity index (χ2n) is 5.70. The number of para-hydroxylation sites is 1. The van der Waals surface area contributed by atoms with Crippen molar-refractivity contribution in [1.82, 2.24) is 14.5 Å². The van der Waals surface area contributed by atoms with E-state index < -0.39 is 15.6 Å². The van der Waals surface area contributed by atoms with Crippen molar-refractivity contribution in [2.45, 2.75) is 25.7 Å². The minimum atomic E-state index is -3.99. The lowest BCUT2D eigenvalue weighted by molar-refractivity contribution is 0.390. The van der Waals surface area contributed by atoms with E-state index in [1.165, 1.54) is 18.5 Å². The van der Waals surface area contributed by atoms with Gasteiger partial charge in [-0.2, -0.15) is 0 Å². The number of aryl methyl sites for hydroxylation is 2. The summed E-state index contributed by atoms with van der Waals surface area (Å²) in [7, 11) is -2.30. The van der Waals surface area contributed by atoms with Crippen LogP contribution in [-0.4, -0.2) is 22.9 Å². The van der Waals surface area contributed by atoms with Gasteiger partial charge in [-0.15, -0.1) is 0 Å². The largest absolute Gasteiger partial charge is 0.360 e. The zero-order valence-electron chi connectivity index (χ0n) is 14.3. The number of aromatic nitrogens is 3. The molecule has 0 spiro atoms. The average Bonchev–Trinajstić information content (AvgIpc) is 3.01. The van der Waals surface area contributed by atoms with E-state index in [9.17, 15) is 13.2 Å². The van der Waals surface area contributed by atoms with Crippen LogP contribution < -0.4 is 10.3 Å². The highest BCUT2D eigenvalue weighted by Crippen LogP contribution is 2.23. The molecule has 132 valence electrons. The molecule has 0 aliphatic rings. The molecule has 8 nitrogen and oxygen atoms in total. The molecule has 1 aromatic carbocycles. The summed E-state index contributed by atoms with van der Waals surface area (Å²) in [6, 6.07) is 8.99. The normalized spacial score (nSPS) is 11.7. The molecular formula is C16H18N4O4S. The van der Waals surface area contributed by atoms with Crippen molar-refractivity contribution in [1.29, 1.82) is 0 Å². The number of anilines is 1. The molecule has 0 amide bonds. The standard InChI is InChI=1S/C16H18N4O4S/c1-10-15(12(3)24-17-10)25(22,23)18-14-11(2)19(4)20(16(14)21)13-8-6-5-7-9-13/h5-9,18H,1-4H3. The molecule has 3 rings (SSSR count). The van der Waals surface area contributed by atoms with E-state index >= 15 is 0 Å². The Balaban J connectivity index is 2.13. The van der Waals surface area contributed by atoms with E-state index in [0.717, 1.165) is 0 Å². The van der Waals surface area contributed by atoms with Gasteiger partial charge in [-0.3, -0.25) is 14.2 Å². The Labute approximate surface area is 144 Å². The Bertz CT molecular complexity index is 1070. The van der Waals surface area contributed by atoms with Crippen LogP contribution in [0.3, 0.4) is 0 Å². The van der Waals surface area contributed by atoms with Crippen LogP contribution in [0.5, 0.6) is 0 Å². The molecule has 2 heterocycles. The van der Waals surface area contributed by atoms with Gasteiger partial charge < -0.3 is 4.52 Å². The van der Waals surface area contributed by atoms with Crippen molar-refractivity contribution < 1.29 is 12.9 Å². The molecule has 0 atom stereocenters. The second-order valence-corrected chi connectivity index (χ2v) is 7.31. The van der Waals surface area contributed by atoms with Crippen LogP contribution in [0, 0.1) is 20.8 Å². The molecule has 9 heteroatoms. The first-order valence-electron chi connectivity index (χ1n) is 7.53. The molecule has 3 aromatic rings. The highest BCUT2D eigenvalue weighted by molar-refractivity contribution is 7.92. The summed E-state index contributed by atoms with van der Waals surface area (Å²) < 4.78 is 35.7. The molecule has 0 saturated heterocycles. The fraction of sp³-hybridized carbons (Fsp3) is 0.250. The van der Waals surface area contributed by atoms with Crippen molar-refractivity contribution in [2.24, 2.45) is 7.05 Å². The summed E-state index contributed by atoms with van der Waals surface area (Å²) in [5.74, 6) is 0.168. The highest BCUT2D eigenvalue weighted by Gasteiger charge is 2.27. The highest BCUT2D eigenvalue weighted by atomic mass is 32.2. The predicted molar refractivity (Wildman–Crippen MR) is 92.5 cm³/mol. The Hall–Kier alpha value is -2.81. The monoisotopic (exact) mass is 362 g/mol. The summed E-state index contributed by atoms with van der Waals surface area (Å²) in [6.45, 7) is 4.71. The summed E-state index contributed by atoms with van der Waals surface area (Å²) in [4.78, 5) is 12.8. The lowest BCUT2D eigenvalue weighted by Gasteiger charge is -2.07. The summed E-state index contributed by atoms with van der Waals surface area (Å²) >= 11 is 0. The molecule has 0 fully saturated rings. The molecule has 0 aliphatic carbocycles. The third kappa shape index (κ3) is 2.76. The first-order chi connectivity index (χ1) is 11.7. The summed E-state index contributed by atoms with van der Waals surface area (Å²) in [5, 5.41) is 3.66. The van der Waals surface area contributed by atoms with E-state index in [4.69, 9.17) is 4.52 Å². The van der Waals surface area contributed by atoms with Crippen molar-refractivity contribution in [3.05, 3.63) is 57.8 Å². The van der Waals surface area contributed by atoms with Crippen LogP contribution >= 0.6 is 0 Å². The van der Waals surface area contributed by atoms with Crippen LogP contribution in [0.15, 0.2) is 44.5 Å². The Kier molecular flexibility index (Phi) is 4.03. The zero-order valence-corrected chi connectivity index (χ0v) is 15.1. The van der Waals surface area contributed by atoms with Crippen LogP contribution in [0.1, 0.15) is 17.1 Å². The Morgan fingerprint density at radius 1 is 1.12 bits per heavy atom. The van der Waals surface area contributed by atoms with Crippen molar-refractivity contribution in [3.8, 4) is 5.69 Å². The average molecular weight is 362 g/mol. The van der Waals surface area contributed by atoms with E-state index in [1.807, 2.05) is 6.07 Å². The molecule has 0 aliphatic heterocycles. The number of benzene rings is 1. The number of nitrogens with one attached hydrogen (secondary N) is 1. The van der Waals surface area contributed by atoms with E-state index in [0.29, 0.717) is 11.4 Å². The van der Waals surface area contributed by atoms with Crippen LogP contribution in [0.4, 0.5) is 5.69 Å². The van der Waals surface area contributed by atoms with Crippen molar-refractivity contribution in [3.63, 3.8) is 0 Å². The van der Waals surface area contributed by atoms with Crippen LogP contribution in [0.25, 0.3) is 5.69 Å². The van der Waals surface area contributed by atoms with Gasteiger partial charge in [-0.25, -0.2) is 13.1 Å². The fourth-order valence-corrected chi connectivity index (χ4v) is 4.18. The van der Waals surface area contributed by atoms with Gasteiger partial charge >= 0.3 is 0 Å². The third-order valence-electron chi connectivity index (χ3n) is 4.03. The maximum Gasteiger partial charge on any atom is 0.296 e. The predicted octanol–water partition coefficient (Wildman–Crippen LogP) is 1.89. The molecule has 0 bridgehead atoms. The van der Waals surface area contributed by atoms with E-state index in [-0.39, 0.29) is 22.0 Å². The minimum absolute atomic E-state index is 0.00801. The van der Waals surface area contributed by atoms with Crippen LogP contribution in [-0.2, 0) is 17.1 Å². The van der Waals surface area contributed by atoms with Gasteiger partial charge in [0, 0.05) is 7.05 Å². The molecule has 25 heavy (non-hydrogen) atoms. The number of nitrogens with zero attached hydrogens (tertiary/aromatic N) is 3. The molecule has 2 aromatic heterocycles. The van der Waals surface area contributed by atoms with Gasteiger partial charge in [-0.05, 0) is 32.9 Å². The molecular weight excluding hydrogens is 344 g/mol. The van der Waals surface area contributed by atoms with Gasteiger partial charge in [0.15, 0.2) is 10.7 Å². The molecule has 0 radical (unpaired) electrons. The Morgan fingerprint density at radius 2 is 1.76 bits per heavy atom. The molecule has 0 unspecified atom stereocenters. The first kappa shape index (κ1) is 17.0. The first-order valence-corrected chi connectivity index (χ1v) is 9.02. The SMILES string of the molecule is Cc1noc(C)c1S(=O)(=O)Nc1c(C)n(C)n(-c2ccccc2)c1=O. The number of hydrogen-bond donors (Lipinski definition) is 1. The van der Waals surface area contributed by atoms with Gasteiger partial charge in [-0.1, -0.05) is 23.4 Å². The summed E-state index contributed by atoms with van der Waals surface area (Å²) in [6.07, 6.45) is 0. The van der Waals surface area contributed by atoms with E-state index in [1.54, 1.807) is 42.9 Å². The lowest BCUT2D eigenvalue weighted by atomic mass is 10.3. The molecule has 1 N–H and O–H groups in total. The third-order valence-corrected chi connectivity index (χ3v) is 5.62. The lowest BCUT2D eigenvalue weighted by Crippen LogP contribution is -2.23.